The minimum atomic E-state index is -0.792. The molecule has 6 nitrogen and oxygen atoms in total. The third-order valence-electron chi connectivity index (χ3n) is 4.92. The number of benzene rings is 1. The van der Waals surface area contributed by atoms with Crippen molar-refractivity contribution in [2.24, 2.45) is 11.8 Å². The van der Waals surface area contributed by atoms with Crippen molar-refractivity contribution >= 4 is 27.9 Å². The summed E-state index contributed by atoms with van der Waals surface area (Å²) in [6, 6.07) is 3.91. The summed E-state index contributed by atoms with van der Waals surface area (Å²) < 4.78 is 23.9. The number of hydrogen-bond acceptors (Lipinski definition) is 6. The third-order valence-corrected chi connectivity index (χ3v) is 5.38. The predicted octanol–water partition coefficient (Wildman–Crippen LogP) is 3.94. The Labute approximate surface area is 168 Å². The van der Waals surface area contributed by atoms with Crippen LogP contribution < -0.4 is 4.74 Å². The molecule has 1 aliphatic heterocycles. The zero-order valence-corrected chi connectivity index (χ0v) is 18.2. The highest BCUT2D eigenvalue weighted by Crippen LogP contribution is 2.36. The van der Waals surface area contributed by atoms with E-state index in [0.717, 1.165) is 15.6 Å². The van der Waals surface area contributed by atoms with Crippen LogP contribution in [-0.2, 0) is 23.8 Å². The van der Waals surface area contributed by atoms with Gasteiger partial charge in [-0.25, -0.2) is 0 Å². The molecular weight excluding hydrogens is 416 g/mol. The molecule has 150 valence electrons. The number of hydrogen-bond donors (Lipinski definition) is 0. The van der Waals surface area contributed by atoms with Crippen molar-refractivity contribution in [1.29, 1.82) is 0 Å². The molecule has 0 aliphatic carbocycles. The maximum Gasteiger partial charge on any atom is 0.303 e. The van der Waals surface area contributed by atoms with Crippen LogP contribution in [0, 0.1) is 25.7 Å². The van der Waals surface area contributed by atoms with Gasteiger partial charge in [-0.3, -0.25) is 9.59 Å². The Hall–Kier alpha value is -1.60. The van der Waals surface area contributed by atoms with Crippen LogP contribution in [0.4, 0.5) is 0 Å². The second kappa shape index (κ2) is 9.06. The van der Waals surface area contributed by atoms with Gasteiger partial charge in [-0.2, -0.15) is 0 Å². The van der Waals surface area contributed by atoms with E-state index < -0.39 is 12.4 Å². The maximum atomic E-state index is 11.6. The number of carbonyl (C=O) groups excluding carboxylic acids is 2. The van der Waals surface area contributed by atoms with Crippen LogP contribution in [-0.4, -0.2) is 37.0 Å². The largest absolute Gasteiger partial charge is 0.463 e. The summed E-state index contributed by atoms with van der Waals surface area (Å²) in [6.07, 6.45) is -1.70. The van der Waals surface area contributed by atoms with Crippen molar-refractivity contribution in [1.82, 2.24) is 0 Å². The Bertz CT molecular complexity index is 679. The molecule has 0 N–H and O–H groups in total. The lowest BCUT2D eigenvalue weighted by Crippen LogP contribution is -2.54. The van der Waals surface area contributed by atoms with Crippen molar-refractivity contribution in [2.45, 2.75) is 60.0 Å². The molecule has 0 bridgehead atoms. The molecule has 7 heteroatoms. The topological polar surface area (TPSA) is 71.1 Å². The second-order valence-electron chi connectivity index (χ2n) is 7.12. The average molecular weight is 443 g/mol. The van der Waals surface area contributed by atoms with Crippen LogP contribution >= 0.6 is 15.9 Å². The fourth-order valence-electron chi connectivity index (χ4n) is 3.30. The number of ether oxygens (including phenoxy) is 4. The minimum absolute atomic E-state index is 0.0145. The highest BCUT2D eigenvalue weighted by atomic mass is 79.9. The molecule has 1 heterocycles. The van der Waals surface area contributed by atoms with E-state index >= 15 is 0 Å². The van der Waals surface area contributed by atoms with Crippen LogP contribution in [0.2, 0.25) is 0 Å². The number of carbonyl (C=O) groups is 2. The first-order valence-corrected chi connectivity index (χ1v) is 9.79. The smallest absolute Gasteiger partial charge is 0.303 e. The van der Waals surface area contributed by atoms with Crippen molar-refractivity contribution < 1.29 is 28.5 Å². The summed E-state index contributed by atoms with van der Waals surface area (Å²) in [6.45, 7) is 10.7. The van der Waals surface area contributed by atoms with Crippen molar-refractivity contribution in [3.63, 3.8) is 0 Å². The molecule has 1 aliphatic rings. The zero-order valence-electron chi connectivity index (χ0n) is 16.6. The van der Waals surface area contributed by atoms with E-state index in [1.54, 1.807) is 0 Å². The summed E-state index contributed by atoms with van der Waals surface area (Å²) >= 11 is 3.47. The van der Waals surface area contributed by atoms with E-state index in [-0.39, 0.29) is 36.5 Å². The SMILES string of the molecule is CC(=O)OCC1O[C@H](Oc2c(C)cc(Br)cc2C)C(OC(C)=O)[C@@H](C)[C@@H]1C. The molecule has 27 heavy (non-hydrogen) atoms. The normalized spacial score (nSPS) is 27.7. The Kier molecular flexibility index (Phi) is 7.28. The van der Waals surface area contributed by atoms with E-state index in [2.05, 4.69) is 15.9 Å². The van der Waals surface area contributed by atoms with Crippen molar-refractivity contribution in [3.8, 4) is 5.75 Å². The predicted molar refractivity (Wildman–Crippen MR) is 103 cm³/mol. The summed E-state index contributed by atoms with van der Waals surface area (Å²) in [5.74, 6) is -0.0881. The first kappa shape index (κ1) is 21.7. The van der Waals surface area contributed by atoms with Gasteiger partial charge in [0.05, 0.1) is 6.10 Å². The maximum absolute atomic E-state index is 11.6. The average Bonchev–Trinajstić information content (AvgIpc) is 2.55. The van der Waals surface area contributed by atoms with Crippen LogP contribution in [0.15, 0.2) is 16.6 Å². The summed E-state index contributed by atoms with van der Waals surface area (Å²) in [5.41, 5.74) is 1.88. The lowest BCUT2D eigenvalue weighted by atomic mass is 9.83. The summed E-state index contributed by atoms with van der Waals surface area (Å²) in [7, 11) is 0. The molecule has 0 aromatic heterocycles. The molecule has 0 saturated carbocycles. The molecule has 1 saturated heterocycles. The van der Waals surface area contributed by atoms with Crippen molar-refractivity contribution in [2.75, 3.05) is 6.61 Å². The van der Waals surface area contributed by atoms with Crippen molar-refractivity contribution in [3.05, 3.63) is 27.7 Å². The number of esters is 2. The van der Waals surface area contributed by atoms with Crippen LogP contribution in [0.3, 0.4) is 0 Å². The van der Waals surface area contributed by atoms with E-state index in [4.69, 9.17) is 18.9 Å². The fraction of sp³-hybridized carbons (Fsp3) is 0.600. The number of halogens is 1. The fourth-order valence-corrected chi connectivity index (χ4v) is 3.99. The Balaban J connectivity index is 2.29. The van der Waals surface area contributed by atoms with Crippen LogP contribution in [0.1, 0.15) is 38.8 Å². The third kappa shape index (κ3) is 5.45. The van der Waals surface area contributed by atoms with E-state index in [0.29, 0.717) is 5.75 Å². The molecule has 1 aromatic rings. The van der Waals surface area contributed by atoms with Gasteiger partial charge >= 0.3 is 11.9 Å². The van der Waals surface area contributed by atoms with E-state index in [1.165, 1.54) is 13.8 Å². The van der Waals surface area contributed by atoms with Gasteiger partial charge in [0, 0.05) is 24.2 Å². The molecule has 2 unspecified atom stereocenters. The van der Waals surface area contributed by atoms with Crippen LogP contribution in [0.5, 0.6) is 5.75 Å². The molecule has 5 atom stereocenters. The molecule has 0 amide bonds. The van der Waals surface area contributed by atoms with Gasteiger partial charge in [-0.05, 0) is 43.0 Å². The monoisotopic (exact) mass is 442 g/mol. The van der Waals surface area contributed by atoms with E-state index in [1.807, 2.05) is 39.8 Å². The summed E-state index contributed by atoms with van der Waals surface area (Å²) in [5, 5.41) is 0. The van der Waals surface area contributed by atoms with Gasteiger partial charge in [-0.15, -0.1) is 0 Å². The molecule has 1 fully saturated rings. The Morgan fingerprint density at radius 2 is 1.67 bits per heavy atom. The van der Waals surface area contributed by atoms with Gasteiger partial charge in [0.1, 0.15) is 12.4 Å². The number of rotatable bonds is 5. The standard InChI is InChI=1S/C20H27BrO6/c1-10-7-16(21)8-11(2)18(10)27-20-19(25-15(6)23)13(4)12(3)17(26-20)9-24-14(5)22/h7-8,12-13,17,19-20H,9H2,1-6H3/t12-,13-,17?,19?,20+/m0/s1. The van der Waals surface area contributed by atoms with Gasteiger partial charge in [0.2, 0.25) is 6.29 Å². The second-order valence-corrected chi connectivity index (χ2v) is 8.04. The first-order valence-electron chi connectivity index (χ1n) is 8.99. The first-order chi connectivity index (χ1) is 12.6. The van der Waals surface area contributed by atoms with Gasteiger partial charge in [-0.1, -0.05) is 29.8 Å². The molecule has 0 radical (unpaired) electrons. The number of aryl methyl sites for hydroxylation is 2. The Morgan fingerprint density at radius 3 is 2.19 bits per heavy atom. The highest BCUT2D eigenvalue weighted by Gasteiger charge is 2.45. The highest BCUT2D eigenvalue weighted by molar-refractivity contribution is 9.10. The summed E-state index contributed by atoms with van der Waals surface area (Å²) in [4.78, 5) is 22.8. The van der Waals surface area contributed by atoms with Gasteiger partial charge in [0.25, 0.3) is 0 Å². The van der Waals surface area contributed by atoms with Gasteiger partial charge in [0.15, 0.2) is 6.10 Å². The molecule has 1 aromatic carbocycles. The Morgan fingerprint density at radius 1 is 1.07 bits per heavy atom. The lowest BCUT2D eigenvalue weighted by Gasteiger charge is -2.43. The van der Waals surface area contributed by atoms with E-state index in [9.17, 15) is 9.59 Å². The zero-order chi connectivity index (χ0) is 20.3. The van der Waals surface area contributed by atoms with Gasteiger partial charge < -0.3 is 18.9 Å². The minimum Gasteiger partial charge on any atom is -0.463 e. The lowest BCUT2D eigenvalue weighted by molar-refractivity contribution is -0.253. The van der Waals surface area contributed by atoms with Crippen LogP contribution in [0.25, 0.3) is 0 Å². The quantitative estimate of drug-likeness (QED) is 0.643. The molecule has 2 rings (SSSR count). The molecular formula is C20H27BrO6. The molecule has 0 spiro atoms.